The van der Waals surface area contributed by atoms with Crippen LogP contribution < -0.4 is 5.73 Å². The Bertz CT molecular complexity index is 148. The molecule has 86 valence electrons. The number of hydrogen-bond donors (Lipinski definition) is 3. The zero-order valence-corrected chi connectivity index (χ0v) is 10.2. The van der Waals surface area contributed by atoms with Crippen LogP contribution in [0.15, 0.2) is 0 Å². The van der Waals surface area contributed by atoms with Crippen molar-refractivity contribution in [2.75, 3.05) is 11.5 Å². The second kappa shape index (κ2) is 6.67. The molecule has 0 fully saturated rings. The van der Waals surface area contributed by atoms with Gasteiger partial charge in [0.2, 0.25) is 0 Å². The van der Waals surface area contributed by atoms with E-state index in [0.29, 0.717) is 5.75 Å². The van der Waals surface area contributed by atoms with Gasteiger partial charge in [-0.1, -0.05) is 13.3 Å². The SMILES string of the molecule is CCCC(N)CSCC(O)C(C)(C)O. The second-order valence-electron chi connectivity index (χ2n) is 4.26. The summed E-state index contributed by atoms with van der Waals surface area (Å²) < 4.78 is 0. The van der Waals surface area contributed by atoms with E-state index in [1.54, 1.807) is 25.6 Å². The number of aliphatic hydroxyl groups is 2. The van der Waals surface area contributed by atoms with Crippen LogP contribution in [0.1, 0.15) is 33.6 Å². The molecule has 4 heteroatoms. The molecule has 0 bridgehead atoms. The van der Waals surface area contributed by atoms with Crippen LogP contribution in [-0.4, -0.2) is 39.5 Å². The molecule has 4 N–H and O–H groups in total. The van der Waals surface area contributed by atoms with Gasteiger partial charge in [0.15, 0.2) is 0 Å². The van der Waals surface area contributed by atoms with Crippen LogP contribution in [0.3, 0.4) is 0 Å². The van der Waals surface area contributed by atoms with E-state index in [-0.39, 0.29) is 6.04 Å². The van der Waals surface area contributed by atoms with Crippen molar-refractivity contribution >= 4 is 11.8 Å². The highest BCUT2D eigenvalue weighted by Crippen LogP contribution is 2.15. The van der Waals surface area contributed by atoms with Gasteiger partial charge in [-0.15, -0.1) is 0 Å². The molecule has 0 amide bonds. The van der Waals surface area contributed by atoms with E-state index in [9.17, 15) is 10.2 Å². The van der Waals surface area contributed by atoms with Crippen LogP contribution in [0.5, 0.6) is 0 Å². The zero-order chi connectivity index (χ0) is 11.2. The average molecular weight is 221 g/mol. The number of thioether (sulfide) groups is 1. The van der Waals surface area contributed by atoms with E-state index in [2.05, 4.69) is 6.92 Å². The molecule has 3 nitrogen and oxygen atoms in total. The Balaban J connectivity index is 3.54. The molecule has 0 rings (SSSR count). The Morgan fingerprint density at radius 2 is 1.93 bits per heavy atom. The van der Waals surface area contributed by atoms with Gasteiger partial charge in [-0.2, -0.15) is 11.8 Å². The topological polar surface area (TPSA) is 66.5 Å². The fourth-order valence-corrected chi connectivity index (χ4v) is 2.23. The molecule has 14 heavy (non-hydrogen) atoms. The van der Waals surface area contributed by atoms with Crippen molar-refractivity contribution in [1.82, 2.24) is 0 Å². The van der Waals surface area contributed by atoms with Crippen LogP contribution in [0, 0.1) is 0 Å². The zero-order valence-electron chi connectivity index (χ0n) is 9.36. The Morgan fingerprint density at radius 3 is 2.36 bits per heavy atom. The van der Waals surface area contributed by atoms with Gasteiger partial charge in [-0.3, -0.25) is 0 Å². The van der Waals surface area contributed by atoms with Crippen molar-refractivity contribution in [3.05, 3.63) is 0 Å². The maximum atomic E-state index is 9.52. The van der Waals surface area contributed by atoms with Gasteiger partial charge in [-0.05, 0) is 20.3 Å². The van der Waals surface area contributed by atoms with E-state index in [1.807, 2.05) is 0 Å². The molecule has 0 radical (unpaired) electrons. The highest BCUT2D eigenvalue weighted by Gasteiger charge is 2.24. The first kappa shape index (κ1) is 14.2. The van der Waals surface area contributed by atoms with Gasteiger partial charge < -0.3 is 15.9 Å². The summed E-state index contributed by atoms with van der Waals surface area (Å²) in [5.74, 6) is 1.39. The predicted octanol–water partition coefficient (Wildman–Crippen LogP) is 0.979. The lowest BCUT2D eigenvalue weighted by Gasteiger charge is -2.24. The van der Waals surface area contributed by atoms with E-state index in [0.717, 1.165) is 18.6 Å². The summed E-state index contributed by atoms with van der Waals surface area (Å²) in [5.41, 5.74) is 4.80. The van der Waals surface area contributed by atoms with E-state index < -0.39 is 11.7 Å². The molecule has 2 atom stereocenters. The van der Waals surface area contributed by atoms with Crippen LogP contribution in [0.4, 0.5) is 0 Å². The Labute approximate surface area is 91.1 Å². The smallest absolute Gasteiger partial charge is 0.0911 e. The second-order valence-corrected chi connectivity index (χ2v) is 5.33. The standard InChI is InChI=1S/C10H23NO2S/c1-4-5-8(11)6-14-7-9(12)10(2,3)13/h8-9,12-13H,4-7,11H2,1-3H3. The summed E-state index contributed by atoms with van der Waals surface area (Å²) in [6, 6.07) is 0.207. The highest BCUT2D eigenvalue weighted by atomic mass is 32.2. The lowest BCUT2D eigenvalue weighted by Crippen LogP contribution is -2.38. The normalized spacial score (nSPS) is 16.7. The molecule has 2 unspecified atom stereocenters. The van der Waals surface area contributed by atoms with Crippen molar-refractivity contribution in [3.63, 3.8) is 0 Å². The molecule has 0 saturated carbocycles. The Morgan fingerprint density at radius 1 is 1.36 bits per heavy atom. The summed E-state index contributed by atoms with van der Waals surface area (Å²) in [6.45, 7) is 5.34. The molecule has 0 spiro atoms. The first-order valence-electron chi connectivity index (χ1n) is 5.11. The van der Waals surface area contributed by atoms with Gasteiger partial charge >= 0.3 is 0 Å². The third-order valence-corrected chi connectivity index (χ3v) is 3.30. The molecule has 0 aliphatic heterocycles. The summed E-state index contributed by atoms with van der Waals surface area (Å²) in [5, 5.41) is 19.0. The Kier molecular flexibility index (Phi) is 6.78. The third-order valence-electron chi connectivity index (χ3n) is 2.08. The minimum absolute atomic E-state index is 0.207. The fraction of sp³-hybridized carbons (Fsp3) is 1.00. The monoisotopic (exact) mass is 221 g/mol. The maximum absolute atomic E-state index is 9.52. The lowest BCUT2D eigenvalue weighted by molar-refractivity contribution is -0.0350. The van der Waals surface area contributed by atoms with E-state index in [4.69, 9.17) is 5.73 Å². The van der Waals surface area contributed by atoms with Gasteiger partial charge in [0.05, 0.1) is 11.7 Å². The first-order chi connectivity index (χ1) is 6.38. The minimum atomic E-state index is -1.01. The third kappa shape index (κ3) is 6.65. The van der Waals surface area contributed by atoms with Gasteiger partial charge in [-0.25, -0.2) is 0 Å². The molecule has 0 saturated heterocycles. The molecule has 0 heterocycles. The Hall–Kier alpha value is 0.230. The van der Waals surface area contributed by atoms with Crippen LogP contribution in [0.2, 0.25) is 0 Å². The molecule has 0 aromatic rings. The van der Waals surface area contributed by atoms with Gasteiger partial charge in [0.25, 0.3) is 0 Å². The van der Waals surface area contributed by atoms with Crippen molar-refractivity contribution in [3.8, 4) is 0 Å². The summed E-state index contributed by atoms with van der Waals surface area (Å²) >= 11 is 1.60. The van der Waals surface area contributed by atoms with Crippen LogP contribution in [0.25, 0.3) is 0 Å². The largest absolute Gasteiger partial charge is 0.389 e. The van der Waals surface area contributed by atoms with Gasteiger partial charge in [0, 0.05) is 17.5 Å². The van der Waals surface area contributed by atoms with Gasteiger partial charge in [0.1, 0.15) is 0 Å². The van der Waals surface area contributed by atoms with Crippen molar-refractivity contribution in [1.29, 1.82) is 0 Å². The fourth-order valence-electron chi connectivity index (χ4n) is 0.989. The number of aliphatic hydroxyl groups excluding tert-OH is 1. The number of rotatable bonds is 7. The van der Waals surface area contributed by atoms with Crippen LogP contribution in [-0.2, 0) is 0 Å². The van der Waals surface area contributed by atoms with Crippen molar-refractivity contribution < 1.29 is 10.2 Å². The van der Waals surface area contributed by atoms with Crippen LogP contribution >= 0.6 is 11.8 Å². The summed E-state index contributed by atoms with van der Waals surface area (Å²) in [7, 11) is 0. The molecule has 0 aromatic heterocycles. The first-order valence-corrected chi connectivity index (χ1v) is 6.27. The van der Waals surface area contributed by atoms with Crippen molar-refractivity contribution in [2.24, 2.45) is 5.73 Å². The molecule has 0 aromatic carbocycles. The predicted molar refractivity (Wildman–Crippen MR) is 62.5 cm³/mol. The molecular weight excluding hydrogens is 198 g/mol. The minimum Gasteiger partial charge on any atom is -0.389 e. The highest BCUT2D eigenvalue weighted by molar-refractivity contribution is 7.99. The molecule has 0 aliphatic carbocycles. The molecule has 0 aliphatic rings. The van der Waals surface area contributed by atoms with Crippen molar-refractivity contribution in [2.45, 2.75) is 51.4 Å². The molecular formula is C10H23NO2S. The quantitative estimate of drug-likeness (QED) is 0.599. The number of hydrogen-bond acceptors (Lipinski definition) is 4. The summed E-state index contributed by atoms with van der Waals surface area (Å²) in [4.78, 5) is 0. The summed E-state index contributed by atoms with van der Waals surface area (Å²) in [6.07, 6.45) is 1.43. The maximum Gasteiger partial charge on any atom is 0.0911 e. The lowest BCUT2D eigenvalue weighted by atomic mass is 10.0. The average Bonchev–Trinajstić information content (AvgIpc) is 2.02. The number of nitrogens with two attached hydrogens (primary N) is 1. The van der Waals surface area contributed by atoms with E-state index in [1.165, 1.54) is 0 Å². The van der Waals surface area contributed by atoms with E-state index >= 15 is 0 Å².